The van der Waals surface area contributed by atoms with Crippen LogP contribution >= 0.6 is 11.3 Å². The molecule has 162 valence electrons. The Morgan fingerprint density at radius 3 is 2.61 bits per heavy atom. The lowest BCUT2D eigenvalue weighted by Gasteiger charge is -2.10. The van der Waals surface area contributed by atoms with E-state index in [1.165, 1.54) is 13.2 Å². The van der Waals surface area contributed by atoms with Crippen LogP contribution < -0.4 is 14.8 Å². The molecule has 0 aliphatic rings. The Morgan fingerprint density at radius 1 is 1.06 bits per heavy atom. The number of carbonyl (C=O) groups excluding carboxylic acids is 3. The summed E-state index contributed by atoms with van der Waals surface area (Å²) in [6, 6.07) is 9.41. The number of ketones is 2. The van der Waals surface area contributed by atoms with Crippen molar-refractivity contribution in [2.75, 3.05) is 20.3 Å². The van der Waals surface area contributed by atoms with E-state index in [0.717, 1.165) is 11.3 Å². The fraction of sp³-hybridized carbons (Fsp3) is 0.261. The van der Waals surface area contributed by atoms with Crippen LogP contribution in [-0.4, -0.2) is 37.7 Å². The fourth-order valence-corrected chi connectivity index (χ4v) is 4.07. The monoisotopic (exact) mass is 443 g/mol. The molecular weight excluding hydrogens is 421 g/mol. The molecule has 0 radical (unpaired) electrons. The van der Waals surface area contributed by atoms with Crippen molar-refractivity contribution in [2.45, 2.75) is 19.8 Å². The lowest BCUT2D eigenvalue weighted by molar-refractivity contribution is -0.120. The Hall–Kier alpha value is -3.26. The van der Waals surface area contributed by atoms with Gasteiger partial charge in [0.05, 0.1) is 25.0 Å². The van der Waals surface area contributed by atoms with Gasteiger partial charge >= 0.3 is 0 Å². The molecule has 8 heteroatoms. The molecule has 6 nitrogen and oxygen atoms in total. The van der Waals surface area contributed by atoms with Crippen LogP contribution in [0.4, 0.5) is 4.39 Å². The minimum atomic E-state index is -0.412. The molecule has 0 saturated heterocycles. The van der Waals surface area contributed by atoms with Gasteiger partial charge in [0.15, 0.2) is 23.1 Å². The SMILES string of the molecule is CCOc1ccc(C(=O)CCC(=O)NCC(=O)c2csc3c(F)cccc23)cc1OC. The van der Waals surface area contributed by atoms with Gasteiger partial charge in [0.2, 0.25) is 5.91 Å². The summed E-state index contributed by atoms with van der Waals surface area (Å²) in [4.78, 5) is 37.0. The Bertz CT molecular complexity index is 1120. The maximum absolute atomic E-state index is 13.8. The Morgan fingerprint density at radius 2 is 1.87 bits per heavy atom. The summed E-state index contributed by atoms with van der Waals surface area (Å²) in [7, 11) is 1.49. The molecule has 31 heavy (non-hydrogen) atoms. The molecule has 0 aliphatic carbocycles. The van der Waals surface area contributed by atoms with Crippen LogP contribution in [0.3, 0.4) is 0 Å². The number of benzene rings is 2. The summed E-state index contributed by atoms with van der Waals surface area (Å²) < 4.78 is 24.9. The topological polar surface area (TPSA) is 81.7 Å². The number of hydrogen-bond acceptors (Lipinski definition) is 6. The first-order chi connectivity index (χ1) is 14.9. The van der Waals surface area contributed by atoms with Gasteiger partial charge in [-0.3, -0.25) is 14.4 Å². The van der Waals surface area contributed by atoms with Crippen LogP contribution in [0.5, 0.6) is 11.5 Å². The van der Waals surface area contributed by atoms with E-state index in [0.29, 0.717) is 39.3 Å². The molecule has 1 aromatic heterocycles. The van der Waals surface area contributed by atoms with Crippen molar-refractivity contribution in [3.63, 3.8) is 0 Å². The number of ether oxygens (including phenoxy) is 2. The van der Waals surface area contributed by atoms with Crippen molar-refractivity contribution in [1.29, 1.82) is 0 Å². The Kier molecular flexibility index (Phi) is 7.36. The van der Waals surface area contributed by atoms with Gasteiger partial charge in [-0.2, -0.15) is 0 Å². The summed E-state index contributed by atoms with van der Waals surface area (Å²) in [5, 5.41) is 4.65. The van der Waals surface area contributed by atoms with Crippen LogP contribution in [-0.2, 0) is 4.79 Å². The van der Waals surface area contributed by atoms with Crippen molar-refractivity contribution < 1.29 is 28.2 Å². The number of methoxy groups -OCH3 is 1. The molecule has 0 unspecified atom stereocenters. The first-order valence-corrected chi connectivity index (χ1v) is 10.6. The zero-order valence-corrected chi connectivity index (χ0v) is 18.0. The van der Waals surface area contributed by atoms with E-state index in [4.69, 9.17) is 9.47 Å². The molecule has 0 bridgehead atoms. The van der Waals surface area contributed by atoms with E-state index < -0.39 is 5.91 Å². The number of rotatable bonds is 10. The fourth-order valence-electron chi connectivity index (χ4n) is 3.09. The number of Topliss-reactive ketones (excluding diaryl/α,β-unsaturated/α-hetero) is 2. The van der Waals surface area contributed by atoms with E-state index in [9.17, 15) is 18.8 Å². The van der Waals surface area contributed by atoms with E-state index in [1.54, 1.807) is 35.7 Å². The Labute approximate surface area is 183 Å². The Balaban J connectivity index is 1.53. The smallest absolute Gasteiger partial charge is 0.220 e. The number of halogens is 1. The first-order valence-electron chi connectivity index (χ1n) is 9.74. The van der Waals surface area contributed by atoms with Crippen molar-refractivity contribution in [1.82, 2.24) is 5.32 Å². The molecule has 0 spiro atoms. The summed E-state index contributed by atoms with van der Waals surface area (Å²) in [5.74, 6) is -0.337. The third kappa shape index (κ3) is 5.27. The number of carbonyl (C=O) groups is 3. The summed E-state index contributed by atoms with van der Waals surface area (Å²) in [6.45, 7) is 2.10. The highest BCUT2D eigenvalue weighted by Gasteiger charge is 2.16. The average Bonchev–Trinajstić information content (AvgIpc) is 3.22. The van der Waals surface area contributed by atoms with Gasteiger partial charge in [0.1, 0.15) is 5.82 Å². The second-order valence-electron chi connectivity index (χ2n) is 6.69. The standard InChI is InChI=1S/C23H22FNO5S/c1-3-30-20-9-7-14(11-21(20)29-2)18(26)8-10-22(28)25-12-19(27)16-13-31-23-15(16)5-4-6-17(23)24/h4-7,9,11,13H,3,8,10,12H2,1-2H3,(H,25,28). The van der Waals surface area contributed by atoms with E-state index in [-0.39, 0.29) is 36.8 Å². The summed E-state index contributed by atoms with van der Waals surface area (Å²) in [6.07, 6.45) is -0.0651. The van der Waals surface area contributed by atoms with Gasteiger partial charge in [-0.1, -0.05) is 12.1 Å². The van der Waals surface area contributed by atoms with Crippen molar-refractivity contribution in [2.24, 2.45) is 0 Å². The molecule has 0 saturated carbocycles. The van der Waals surface area contributed by atoms with E-state index in [1.807, 2.05) is 6.92 Å². The lowest BCUT2D eigenvalue weighted by Crippen LogP contribution is -2.29. The first kappa shape index (κ1) is 22.4. The van der Waals surface area contributed by atoms with Crippen molar-refractivity contribution >= 4 is 38.9 Å². The second-order valence-corrected chi connectivity index (χ2v) is 7.57. The second kappa shape index (κ2) is 10.2. The van der Waals surface area contributed by atoms with Crippen LogP contribution in [0.15, 0.2) is 41.8 Å². The average molecular weight is 443 g/mol. The zero-order chi connectivity index (χ0) is 22.4. The predicted molar refractivity (Wildman–Crippen MR) is 117 cm³/mol. The van der Waals surface area contributed by atoms with Gasteiger partial charge < -0.3 is 14.8 Å². The van der Waals surface area contributed by atoms with Crippen molar-refractivity contribution in [3.8, 4) is 11.5 Å². The largest absolute Gasteiger partial charge is 0.493 e. The highest BCUT2D eigenvalue weighted by molar-refractivity contribution is 7.17. The minimum absolute atomic E-state index is 0.0102. The van der Waals surface area contributed by atoms with Crippen LogP contribution in [0.2, 0.25) is 0 Å². The third-order valence-corrected chi connectivity index (χ3v) is 5.67. The lowest BCUT2D eigenvalue weighted by atomic mass is 10.1. The number of amides is 1. The summed E-state index contributed by atoms with van der Waals surface area (Å²) in [5.41, 5.74) is 0.785. The third-order valence-electron chi connectivity index (χ3n) is 4.66. The predicted octanol–water partition coefficient (Wildman–Crippen LogP) is 4.41. The van der Waals surface area contributed by atoms with Crippen LogP contribution in [0.1, 0.15) is 40.5 Å². The van der Waals surface area contributed by atoms with Gasteiger partial charge in [0.25, 0.3) is 0 Å². The number of hydrogen-bond donors (Lipinski definition) is 1. The van der Waals surface area contributed by atoms with Crippen LogP contribution in [0, 0.1) is 5.82 Å². The number of thiophene rings is 1. The minimum Gasteiger partial charge on any atom is -0.493 e. The molecule has 2 aromatic carbocycles. The molecule has 0 aliphatic heterocycles. The van der Waals surface area contributed by atoms with Gasteiger partial charge in [-0.05, 0) is 31.2 Å². The number of fused-ring (bicyclic) bond motifs is 1. The quantitative estimate of drug-likeness (QED) is 0.470. The van der Waals surface area contributed by atoms with Crippen molar-refractivity contribution in [3.05, 3.63) is 58.7 Å². The zero-order valence-electron chi connectivity index (χ0n) is 17.2. The van der Waals surface area contributed by atoms with Gasteiger partial charge in [0, 0.05) is 34.7 Å². The van der Waals surface area contributed by atoms with Gasteiger partial charge in [-0.15, -0.1) is 11.3 Å². The molecule has 3 rings (SSSR count). The highest BCUT2D eigenvalue weighted by atomic mass is 32.1. The van der Waals surface area contributed by atoms with Gasteiger partial charge in [-0.25, -0.2) is 4.39 Å². The molecule has 0 atom stereocenters. The van der Waals surface area contributed by atoms with E-state index in [2.05, 4.69) is 5.32 Å². The maximum atomic E-state index is 13.8. The molecule has 3 aromatic rings. The number of nitrogens with one attached hydrogen (secondary N) is 1. The maximum Gasteiger partial charge on any atom is 0.220 e. The molecule has 0 fully saturated rings. The molecule has 1 N–H and O–H groups in total. The van der Waals surface area contributed by atoms with E-state index >= 15 is 0 Å². The summed E-state index contributed by atoms with van der Waals surface area (Å²) >= 11 is 1.15. The van der Waals surface area contributed by atoms with Crippen LogP contribution in [0.25, 0.3) is 10.1 Å². The molecule has 1 heterocycles. The highest BCUT2D eigenvalue weighted by Crippen LogP contribution is 2.29. The molecule has 1 amide bonds. The molecular formula is C23H22FNO5S. The normalized spacial score (nSPS) is 10.7.